The molecule has 0 spiro atoms. The lowest BCUT2D eigenvalue weighted by atomic mass is 10.2. The van der Waals surface area contributed by atoms with Crippen LogP contribution < -0.4 is 15.4 Å². The summed E-state index contributed by atoms with van der Waals surface area (Å²) in [5.41, 5.74) is 1.64. The first kappa shape index (κ1) is 21.8. The molecule has 0 saturated carbocycles. The predicted molar refractivity (Wildman–Crippen MR) is 120 cm³/mol. The van der Waals surface area contributed by atoms with Gasteiger partial charge in [-0.1, -0.05) is 18.2 Å². The van der Waals surface area contributed by atoms with Crippen molar-refractivity contribution in [3.63, 3.8) is 0 Å². The predicted octanol–water partition coefficient (Wildman–Crippen LogP) is 6.22. The van der Waals surface area contributed by atoms with Crippen molar-refractivity contribution < 1.29 is 22.7 Å². The van der Waals surface area contributed by atoms with Crippen LogP contribution in [-0.4, -0.2) is 22.1 Å². The van der Waals surface area contributed by atoms with Gasteiger partial charge in [-0.3, -0.25) is 4.79 Å². The molecule has 3 aromatic carbocycles. The second-order valence-electron chi connectivity index (χ2n) is 6.88. The van der Waals surface area contributed by atoms with Gasteiger partial charge < -0.3 is 15.4 Å². The summed E-state index contributed by atoms with van der Waals surface area (Å²) in [5, 5.41) is 6.17. The largest absolute Gasteiger partial charge is 0.457 e. The van der Waals surface area contributed by atoms with E-state index in [0.29, 0.717) is 34.2 Å². The van der Waals surface area contributed by atoms with E-state index in [0.717, 1.165) is 11.4 Å². The van der Waals surface area contributed by atoms with Crippen LogP contribution in [0.15, 0.2) is 91.3 Å². The third-order valence-corrected chi connectivity index (χ3v) is 4.42. The summed E-state index contributed by atoms with van der Waals surface area (Å²) < 4.78 is 42.6. The van der Waals surface area contributed by atoms with Gasteiger partial charge in [-0.15, -0.1) is 0 Å². The number of hydrogen-bond acceptors (Lipinski definition) is 5. The number of aromatic nitrogens is 2. The second-order valence-corrected chi connectivity index (χ2v) is 6.88. The molecule has 0 aliphatic heterocycles. The smallest absolute Gasteiger partial charge is 0.409 e. The van der Waals surface area contributed by atoms with E-state index in [1.165, 1.54) is 6.33 Å². The fourth-order valence-electron chi connectivity index (χ4n) is 2.96. The Bertz CT molecular complexity index is 1290. The number of carbonyl (C=O) groups excluding carboxylic acids is 1. The highest BCUT2D eigenvalue weighted by molar-refractivity contribution is 6.01. The van der Waals surface area contributed by atoms with Crippen LogP contribution in [0.2, 0.25) is 0 Å². The van der Waals surface area contributed by atoms with Gasteiger partial charge in [0.15, 0.2) is 0 Å². The van der Waals surface area contributed by atoms with E-state index in [1.807, 2.05) is 42.5 Å². The first-order valence-electron chi connectivity index (χ1n) is 9.77. The number of hydrogen-bond donors (Lipinski definition) is 2. The number of halogens is 3. The van der Waals surface area contributed by atoms with Crippen LogP contribution in [0.5, 0.6) is 11.5 Å². The van der Waals surface area contributed by atoms with Gasteiger partial charge in [0, 0.05) is 28.9 Å². The van der Waals surface area contributed by atoms with E-state index in [1.54, 1.807) is 30.3 Å². The Balaban J connectivity index is 1.51. The number of fused-ring (bicyclic) bond motifs is 1. The molecule has 1 amide bonds. The summed E-state index contributed by atoms with van der Waals surface area (Å²) >= 11 is 0. The van der Waals surface area contributed by atoms with Crippen molar-refractivity contribution in [3.05, 3.63) is 91.3 Å². The highest BCUT2D eigenvalue weighted by atomic mass is 19.4. The zero-order valence-electron chi connectivity index (χ0n) is 17.0. The van der Waals surface area contributed by atoms with Crippen LogP contribution >= 0.6 is 0 Å². The minimum Gasteiger partial charge on any atom is -0.457 e. The molecule has 4 rings (SSSR count). The number of benzene rings is 3. The van der Waals surface area contributed by atoms with Crippen LogP contribution in [0.3, 0.4) is 0 Å². The summed E-state index contributed by atoms with van der Waals surface area (Å²) in [6.45, 7) is 0. The standard InChI is InChI=1S/C24H17F3N4O2/c25-24(26,27)13-12-22(32)30-17-8-11-21-20(14-17)23(29-15-28-21)31-16-6-9-19(10-7-16)33-18-4-2-1-3-5-18/h1-15H,(H,30,32)(H,28,29,31). The van der Waals surface area contributed by atoms with Crippen molar-refractivity contribution >= 4 is 34.0 Å². The Morgan fingerprint density at radius 1 is 0.879 bits per heavy atom. The number of carbonyl (C=O) groups is 1. The fraction of sp³-hybridized carbons (Fsp3) is 0.0417. The fourth-order valence-corrected chi connectivity index (χ4v) is 2.96. The molecular weight excluding hydrogens is 433 g/mol. The molecule has 166 valence electrons. The first-order valence-corrected chi connectivity index (χ1v) is 9.77. The van der Waals surface area contributed by atoms with Crippen molar-refractivity contribution in [1.29, 1.82) is 0 Å². The summed E-state index contributed by atoms with van der Waals surface area (Å²) in [6.07, 6.45) is -2.86. The number of amides is 1. The number of alkyl halides is 3. The molecule has 0 saturated heterocycles. The number of para-hydroxylation sites is 1. The number of nitrogens with one attached hydrogen (secondary N) is 2. The van der Waals surface area contributed by atoms with Crippen LogP contribution in [0, 0.1) is 0 Å². The molecule has 0 atom stereocenters. The molecule has 4 aromatic rings. The van der Waals surface area contributed by atoms with E-state index in [2.05, 4.69) is 20.6 Å². The maximum absolute atomic E-state index is 12.3. The molecule has 9 heteroatoms. The summed E-state index contributed by atoms with van der Waals surface area (Å²) in [5.74, 6) is 0.960. The quantitative estimate of drug-likeness (QED) is 0.341. The number of nitrogens with zero attached hydrogens (tertiary/aromatic N) is 2. The highest BCUT2D eigenvalue weighted by Crippen LogP contribution is 2.28. The second kappa shape index (κ2) is 9.39. The third-order valence-electron chi connectivity index (χ3n) is 4.42. The SMILES string of the molecule is O=C(C=CC(F)(F)F)Nc1ccc2ncnc(Nc3ccc(Oc4ccccc4)cc3)c2c1. The Labute approximate surface area is 186 Å². The third kappa shape index (κ3) is 6.07. The molecule has 0 unspecified atom stereocenters. The molecule has 6 nitrogen and oxygen atoms in total. The Morgan fingerprint density at radius 3 is 2.30 bits per heavy atom. The molecule has 0 fully saturated rings. The lowest BCUT2D eigenvalue weighted by Crippen LogP contribution is -2.10. The van der Waals surface area contributed by atoms with E-state index in [-0.39, 0.29) is 6.08 Å². The number of anilines is 3. The Hall–Kier alpha value is -4.40. The molecular formula is C24H17F3N4O2. The van der Waals surface area contributed by atoms with Crippen LogP contribution in [-0.2, 0) is 4.79 Å². The zero-order valence-corrected chi connectivity index (χ0v) is 17.0. The number of rotatable bonds is 6. The average Bonchev–Trinajstić information content (AvgIpc) is 2.80. The lowest BCUT2D eigenvalue weighted by Gasteiger charge is -2.11. The van der Waals surface area contributed by atoms with Gasteiger partial charge in [-0.25, -0.2) is 9.97 Å². The van der Waals surface area contributed by atoms with Gasteiger partial charge in [-0.2, -0.15) is 13.2 Å². The van der Waals surface area contributed by atoms with Gasteiger partial charge in [0.2, 0.25) is 5.91 Å². The average molecular weight is 450 g/mol. The van der Waals surface area contributed by atoms with E-state index >= 15 is 0 Å². The normalized spacial score (nSPS) is 11.5. The molecule has 0 aliphatic carbocycles. The van der Waals surface area contributed by atoms with E-state index < -0.39 is 12.1 Å². The highest BCUT2D eigenvalue weighted by Gasteiger charge is 2.22. The molecule has 0 aliphatic rings. The van der Waals surface area contributed by atoms with E-state index in [4.69, 9.17) is 4.74 Å². The van der Waals surface area contributed by atoms with Crippen molar-refractivity contribution in [2.45, 2.75) is 6.18 Å². The summed E-state index contributed by atoms with van der Waals surface area (Å²) in [7, 11) is 0. The van der Waals surface area contributed by atoms with Gasteiger partial charge in [-0.05, 0) is 54.6 Å². The van der Waals surface area contributed by atoms with Crippen molar-refractivity contribution in [1.82, 2.24) is 9.97 Å². The van der Waals surface area contributed by atoms with Crippen LogP contribution in [0.4, 0.5) is 30.4 Å². The van der Waals surface area contributed by atoms with Crippen LogP contribution in [0.1, 0.15) is 0 Å². The minimum absolute atomic E-state index is 0.120. The molecule has 0 bridgehead atoms. The van der Waals surface area contributed by atoms with Gasteiger partial charge in [0.05, 0.1) is 5.52 Å². The molecule has 33 heavy (non-hydrogen) atoms. The van der Waals surface area contributed by atoms with Crippen LogP contribution in [0.25, 0.3) is 10.9 Å². The summed E-state index contributed by atoms with van der Waals surface area (Å²) in [6, 6.07) is 21.4. The van der Waals surface area contributed by atoms with Gasteiger partial charge in [0.1, 0.15) is 23.6 Å². The monoisotopic (exact) mass is 450 g/mol. The number of ether oxygens (including phenoxy) is 1. The van der Waals surface area contributed by atoms with Gasteiger partial charge in [0.25, 0.3) is 0 Å². The Kier molecular flexibility index (Phi) is 6.21. The number of allylic oxidation sites excluding steroid dienone is 1. The maximum atomic E-state index is 12.3. The lowest BCUT2D eigenvalue weighted by molar-refractivity contribution is -0.112. The van der Waals surface area contributed by atoms with Crippen molar-refractivity contribution in [3.8, 4) is 11.5 Å². The molecule has 1 heterocycles. The molecule has 1 aromatic heterocycles. The zero-order chi connectivity index (χ0) is 23.3. The molecule has 2 N–H and O–H groups in total. The van der Waals surface area contributed by atoms with Gasteiger partial charge >= 0.3 is 6.18 Å². The molecule has 0 radical (unpaired) electrons. The topological polar surface area (TPSA) is 76.1 Å². The van der Waals surface area contributed by atoms with E-state index in [9.17, 15) is 18.0 Å². The minimum atomic E-state index is -4.56. The van der Waals surface area contributed by atoms with Crippen molar-refractivity contribution in [2.24, 2.45) is 0 Å². The maximum Gasteiger partial charge on any atom is 0.409 e. The summed E-state index contributed by atoms with van der Waals surface area (Å²) in [4.78, 5) is 20.2. The first-order chi connectivity index (χ1) is 15.9. The Morgan fingerprint density at radius 2 is 1.58 bits per heavy atom. The van der Waals surface area contributed by atoms with Crippen molar-refractivity contribution in [2.75, 3.05) is 10.6 Å².